The summed E-state index contributed by atoms with van der Waals surface area (Å²) in [4.78, 5) is 28.5. The molecule has 1 heterocycles. The average molecular weight is 364 g/mol. The Kier molecular flexibility index (Phi) is 5.03. The maximum atomic E-state index is 12.9. The number of benzene rings is 2. The van der Waals surface area contributed by atoms with Gasteiger partial charge in [-0.1, -0.05) is 45.3 Å². The highest BCUT2D eigenvalue weighted by Gasteiger charge is 2.24. The van der Waals surface area contributed by atoms with Gasteiger partial charge < -0.3 is 5.11 Å². The summed E-state index contributed by atoms with van der Waals surface area (Å²) in [6.07, 6.45) is 0. The van der Waals surface area contributed by atoms with Gasteiger partial charge >= 0.3 is 5.56 Å². The predicted molar refractivity (Wildman–Crippen MR) is 99.4 cm³/mol. The number of carbonyl (C=O) groups excluding carboxylic acids is 1. The topological polar surface area (TPSA) is 94.2 Å². The van der Waals surface area contributed by atoms with Crippen molar-refractivity contribution in [1.29, 1.82) is 0 Å². The van der Waals surface area contributed by atoms with Crippen LogP contribution in [0.25, 0.3) is 5.69 Å². The highest BCUT2D eigenvalue weighted by Crippen LogP contribution is 2.13. The second-order valence-corrected chi connectivity index (χ2v) is 6.47. The van der Waals surface area contributed by atoms with Crippen LogP contribution in [0.3, 0.4) is 0 Å². The van der Waals surface area contributed by atoms with Crippen molar-refractivity contribution in [3.8, 4) is 5.69 Å². The molecule has 0 amide bonds. The van der Waals surface area contributed by atoms with E-state index in [2.05, 4.69) is 10.2 Å². The third-order valence-corrected chi connectivity index (χ3v) is 4.04. The summed E-state index contributed by atoms with van der Waals surface area (Å²) in [6, 6.07) is 14.3. The maximum absolute atomic E-state index is 12.9. The highest BCUT2D eigenvalue weighted by molar-refractivity contribution is 5.89. The first-order valence-electron chi connectivity index (χ1n) is 8.49. The molecule has 1 N–H and O–H groups in total. The fourth-order valence-electron chi connectivity index (χ4n) is 2.64. The van der Waals surface area contributed by atoms with Crippen LogP contribution in [0.15, 0.2) is 58.3 Å². The van der Waals surface area contributed by atoms with Gasteiger partial charge in [0.2, 0.25) is 5.69 Å². The van der Waals surface area contributed by atoms with E-state index in [1.165, 1.54) is 16.3 Å². The van der Waals surface area contributed by atoms with Gasteiger partial charge in [0.25, 0.3) is 0 Å². The normalized spacial score (nSPS) is 11.6. The van der Waals surface area contributed by atoms with Crippen molar-refractivity contribution in [3.05, 3.63) is 75.7 Å². The number of ketones is 1. The first kappa shape index (κ1) is 18.3. The molecule has 0 aliphatic carbocycles. The van der Waals surface area contributed by atoms with E-state index in [4.69, 9.17) is 0 Å². The van der Waals surface area contributed by atoms with E-state index >= 15 is 0 Å². The molecule has 0 aliphatic heterocycles. The number of aromatic nitrogens is 3. The Bertz CT molecular complexity index is 1060. The molecule has 7 nitrogen and oxygen atoms in total. The van der Waals surface area contributed by atoms with E-state index in [0.717, 1.165) is 11.1 Å². The molecule has 0 atom stereocenters. The first-order chi connectivity index (χ1) is 12.8. The van der Waals surface area contributed by atoms with Gasteiger partial charge in [0.05, 0.1) is 5.69 Å². The summed E-state index contributed by atoms with van der Waals surface area (Å²) in [7, 11) is 0. The van der Waals surface area contributed by atoms with E-state index < -0.39 is 11.5 Å². The monoisotopic (exact) mass is 364 g/mol. The number of rotatable bonds is 5. The van der Waals surface area contributed by atoms with Gasteiger partial charge in [-0.05, 0) is 45.0 Å². The summed E-state index contributed by atoms with van der Waals surface area (Å²) in [6.45, 7) is 5.13. The van der Waals surface area contributed by atoms with Gasteiger partial charge in [0.1, 0.15) is 0 Å². The van der Waals surface area contributed by atoms with Gasteiger partial charge in [-0.15, -0.1) is 4.68 Å². The van der Waals surface area contributed by atoms with Crippen LogP contribution in [-0.4, -0.2) is 21.6 Å². The Morgan fingerprint density at radius 2 is 1.63 bits per heavy atom. The minimum atomic E-state index is -0.702. The van der Waals surface area contributed by atoms with Crippen LogP contribution in [0.1, 0.15) is 23.7 Å². The van der Waals surface area contributed by atoms with Crippen LogP contribution in [0.2, 0.25) is 0 Å². The number of nitrogens with zero attached hydrogens (tertiary/aromatic N) is 3. The number of H-pyrrole nitrogens is 1. The number of aliphatic imine (C=N–C) groups is 1. The summed E-state index contributed by atoms with van der Waals surface area (Å²) in [5.74, 6) is -0.895. The van der Waals surface area contributed by atoms with E-state index in [0.29, 0.717) is 11.4 Å². The van der Waals surface area contributed by atoms with Crippen LogP contribution < -0.4 is 15.3 Å². The smallest absolute Gasteiger partial charge is 0.406 e. The summed E-state index contributed by atoms with van der Waals surface area (Å²) in [5, 5.41) is 15.5. The Morgan fingerprint density at radius 3 is 2.19 bits per heavy atom. The molecule has 0 saturated heterocycles. The second-order valence-electron chi connectivity index (χ2n) is 6.47. The van der Waals surface area contributed by atoms with E-state index in [-0.39, 0.29) is 18.0 Å². The van der Waals surface area contributed by atoms with Gasteiger partial charge in [-0.2, -0.15) is 0 Å². The summed E-state index contributed by atoms with van der Waals surface area (Å²) in [5.41, 5.74) is 2.35. The Labute approximate surface area is 156 Å². The number of aromatic amines is 1. The van der Waals surface area contributed by atoms with Crippen LogP contribution in [0, 0.1) is 13.8 Å². The molecule has 0 bridgehead atoms. The molecule has 7 heteroatoms. The van der Waals surface area contributed by atoms with Crippen LogP contribution in [0.5, 0.6) is 0 Å². The number of Topliss-reactive ketones (excluding diaryl/α,β-unsaturated/α-hetero) is 1. The van der Waals surface area contributed by atoms with Crippen molar-refractivity contribution in [2.45, 2.75) is 27.3 Å². The van der Waals surface area contributed by atoms with Crippen molar-refractivity contribution in [3.63, 3.8) is 0 Å². The zero-order chi connectivity index (χ0) is 19.6. The number of hydrogen-bond donors (Lipinski definition) is 1. The van der Waals surface area contributed by atoms with Crippen molar-refractivity contribution in [2.24, 2.45) is 4.99 Å². The molecule has 138 valence electrons. The lowest BCUT2D eigenvalue weighted by Crippen LogP contribution is -2.48. The lowest BCUT2D eigenvalue weighted by molar-refractivity contribution is -0.745. The third kappa shape index (κ3) is 4.03. The molecular weight excluding hydrogens is 344 g/mol. The van der Waals surface area contributed by atoms with Crippen molar-refractivity contribution >= 4 is 17.4 Å². The molecule has 0 fully saturated rings. The summed E-state index contributed by atoms with van der Waals surface area (Å²) >= 11 is 0. The highest BCUT2D eigenvalue weighted by atomic mass is 16.3. The first-order valence-corrected chi connectivity index (χ1v) is 8.49. The number of hydrogen-bond acceptors (Lipinski definition) is 4. The molecule has 1 aromatic heterocycles. The number of carbonyl (C=O) groups is 1. The maximum Gasteiger partial charge on any atom is 0.406 e. The summed E-state index contributed by atoms with van der Waals surface area (Å²) < 4.78 is 2.48. The molecule has 0 radical (unpaired) electrons. The largest absolute Gasteiger partial charge is 0.855 e. The van der Waals surface area contributed by atoms with Gasteiger partial charge in [-0.3, -0.25) is 9.79 Å². The zero-order valence-corrected chi connectivity index (χ0v) is 15.4. The minimum Gasteiger partial charge on any atom is -0.855 e. The lowest BCUT2D eigenvalue weighted by atomic mass is 10.2. The molecule has 2 aromatic carbocycles. The molecule has 0 saturated carbocycles. The molecule has 0 aliphatic rings. The van der Waals surface area contributed by atoms with Crippen molar-refractivity contribution in [2.75, 3.05) is 0 Å². The molecule has 0 spiro atoms. The SMILES string of the molecule is CC(=O)C[n+]1[nH]n(-c2ccc(C)cc2)c(=O)c1C([O-])=Nc1ccc(C)cc1. The molecule has 3 rings (SSSR count). The Balaban J connectivity index is 2.12. The Hall–Kier alpha value is -3.48. The van der Waals surface area contributed by atoms with E-state index in [9.17, 15) is 14.7 Å². The Morgan fingerprint density at radius 1 is 1.07 bits per heavy atom. The van der Waals surface area contributed by atoms with Crippen molar-refractivity contribution in [1.82, 2.24) is 9.90 Å². The van der Waals surface area contributed by atoms with Gasteiger partial charge in [0.15, 0.2) is 18.0 Å². The minimum absolute atomic E-state index is 0.126. The molecule has 0 unspecified atom stereocenters. The fraction of sp³-hybridized carbons (Fsp3) is 0.200. The number of aryl methyl sites for hydroxylation is 2. The molecule has 27 heavy (non-hydrogen) atoms. The van der Waals surface area contributed by atoms with Crippen molar-refractivity contribution < 1.29 is 14.6 Å². The quantitative estimate of drug-likeness (QED) is 0.417. The van der Waals surface area contributed by atoms with Crippen LogP contribution >= 0.6 is 0 Å². The van der Waals surface area contributed by atoms with Crippen LogP contribution in [0.4, 0.5) is 5.69 Å². The third-order valence-electron chi connectivity index (χ3n) is 4.04. The van der Waals surface area contributed by atoms with E-state index in [1.807, 2.05) is 38.1 Å². The lowest BCUT2D eigenvalue weighted by Gasteiger charge is -2.06. The fourth-order valence-corrected chi connectivity index (χ4v) is 2.64. The second kappa shape index (κ2) is 7.41. The van der Waals surface area contributed by atoms with E-state index in [1.54, 1.807) is 24.3 Å². The average Bonchev–Trinajstić information content (AvgIpc) is 2.93. The molecular formula is C20H20N4O3. The predicted octanol–water partition coefficient (Wildman–Crippen LogP) is 1.10. The number of nitrogens with one attached hydrogen (secondary N) is 1. The van der Waals surface area contributed by atoms with Gasteiger partial charge in [-0.25, -0.2) is 4.79 Å². The standard InChI is InChI=1S/C20H20N4O3/c1-13-4-8-16(9-5-13)21-19(26)18-20(27)24(22-23(18)12-15(3)25)17-10-6-14(2)7-11-17/h4-11H,12H2,1-3H3,(H-,21,22,26,27). The molecule has 3 aromatic rings. The van der Waals surface area contributed by atoms with Gasteiger partial charge in [0, 0.05) is 5.90 Å². The zero-order valence-electron chi connectivity index (χ0n) is 15.4. The van der Waals surface area contributed by atoms with Crippen LogP contribution in [-0.2, 0) is 11.3 Å².